The maximum absolute atomic E-state index is 12.8. The third kappa shape index (κ3) is 5.59. The number of thiophene rings is 1. The smallest absolute Gasteiger partial charge is 0.406 e. The fourth-order valence-electron chi connectivity index (χ4n) is 2.51. The summed E-state index contributed by atoms with van der Waals surface area (Å²) in [7, 11) is 0. The lowest BCUT2D eigenvalue weighted by molar-refractivity contribution is -0.274. The summed E-state index contributed by atoms with van der Waals surface area (Å²) in [6.07, 6.45) is -4.87. The SMILES string of the molecule is O=C(Nc1cccc(OC(F)(F)F)c1)c1ccccc1N(c1ccc(Br)s1)S(=O)O. The van der Waals surface area contributed by atoms with Crippen LogP contribution < -0.4 is 14.4 Å². The second-order valence-electron chi connectivity index (χ2n) is 5.65. The largest absolute Gasteiger partial charge is 0.573 e. The molecule has 0 aliphatic carbocycles. The van der Waals surface area contributed by atoms with E-state index in [0.717, 1.165) is 20.2 Å². The monoisotopic (exact) mass is 520 g/mol. The number of rotatable bonds is 6. The van der Waals surface area contributed by atoms with Gasteiger partial charge in [0.25, 0.3) is 17.2 Å². The summed E-state index contributed by atoms with van der Waals surface area (Å²) in [5, 5.41) is 2.88. The zero-order valence-electron chi connectivity index (χ0n) is 14.7. The first-order chi connectivity index (χ1) is 14.1. The van der Waals surface area contributed by atoms with Crippen LogP contribution >= 0.6 is 27.3 Å². The fourth-order valence-corrected chi connectivity index (χ4v) is 4.63. The highest BCUT2D eigenvalue weighted by Crippen LogP contribution is 2.37. The summed E-state index contributed by atoms with van der Waals surface area (Å²) < 4.78 is 64.7. The molecule has 0 radical (unpaired) electrons. The van der Waals surface area contributed by atoms with Crippen molar-refractivity contribution in [1.29, 1.82) is 0 Å². The number of halogens is 4. The van der Waals surface area contributed by atoms with Crippen LogP contribution in [-0.2, 0) is 11.3 Å². The molecule has 1 unspecified atom stereocenters. The molecule has 30 heavy (non-hydrogen) atoms. The molecule has 2 aromatic carbocycles. The summed E-state index contributed by atoms with van der Waals surface area (Å²) in [6.45, 7) is 0. The van der Waals surface area contributed by atoms with Crippen molar-refractivity contribution in [3.63, 3.8) is 0 Å². The highest BCUT2D eigenvalue weighted by Gasteiger charge is 2.31. The van der Waals surface area contributed by atoms with E-state index in [1.165, 1.54) is 35.6 Å². The molecule has 2 N–H and O–H groups in total. The van der Waals surface area contributed by atoms with Crippen LogP contribution in [0.1, 0.15) is 10.4 Å². The molecule has 1 heterocycles. The molecule has 0 saturated heterocycles. The first-order valence-corrected chi connectivity index (χ1v) is 10.7. The van der Waals surface area contributed by atoms with E-state index in [1.807, 2.05) is 0 Å². The van der Waals surface area contributed by atoms with Crippen molar-refractivity contribution >= 4 is 60.8 Å². The normalized spacial score (nSPS) is 12.3. The quantitative estimate of drug-likeness (QED) is 0.394. The Kier molecular flexibility index (Phi) is 6.81. The number of carbonyl (C=O) groups is 1. The van der Waals surface area contributed by atoms with Crippen LogP contribution in [0.5, 0.6) is 5.75 Å². The van der Waals surface area contributed by atoms with E-state index in [2.05, 4.69) is 26.0 Å². The Morgan fingerprint density at radius 2 is 1.87 bits per heavy atom. The number of nitrogens with one attached hydrogen (secondary N) is 1. The van der Waals surface area contributed by atoms with Gasteiger partial charge in [-0.2, -0.15) is 0 Å². The van der Waals surface area contributed by atoms with Crippen LogP contribution in [0.2, 0.25) is 0 Å². The molecule has 0 saturated carbocycles. The molecule has 12 heteroatoms. The van der Waals surface area contributed by atoms with Gasteiger partial charge in [-0.3, -0.25) is 9.35 Å². The minimum Gasteiger partial charge on any atom is -0.406 e. The third-order valence-electron chi connectivity index (χ3n) is 3.61. The topological polar surface area (TPSA) is 78.9 Å². The minimum atomic E-state index is -4.87. The molecule has 1 amide bonds. The van der Waals surface area contributed by atoms with Crippen molar-refractivity contribution in [2.75, 3.05) is 9.62 Å². The third-order valence-corrected chi connectivity index (χ3v) is 6.04. The molecule has 0 spiro atoms. The van der Waals surface area contributed by atoms with Crippen LogP contribution in [0.15, 0.2) is 64.5 Å². The zero-order chi connectivity index (χ0) is 21.9. The van der Waals surface area contributed by atoms with Crippen LogP contribution in [0.3, 0.4) is 0 Å². The first kappa shape index (κ1) is 22.3. The van der Waals surface area contributed by atoms with E-state index in [1.54, 1.807) is 24.3 Å². The summed E-state index contributed by atoms with van der Waals surface area (Å²) in [5.74, 6) is -1.17. The van der Waals surface area contributed by atoms with Crippen molar-refractivity contribution in [1.82, 2.24) is 0 Å². The van der Waals surface area contributed by atoms with Crippen LogP contribution in [0.25, 0.3) is 0 Å². The number of hydrogen-bond acceptors (Lipinski definition) is 4. The summed E-state index contributed by atoms with van der Waals surface area (Å²) in [6, 6.07) is 14.2. The standard InChI is InChI=1S/C18H12BrF3N2O4S2/c19-15-8-9-16(29-15)24(30(26)27)14-7-2-1-6-13(14)17(25)23-11-4-3-5-12(10-11)28-18(20,21)22/h1-10H,(H,23,25)(H,26,27). The van der Waals surface area contributed by atoms with Crippen molar-refractivity contribution in [3.05, 3.63) is 70.0 Å². The summed E-state index contributed by atoms with van der Waals surface area (Å²) in [4.78, 5) is 12.8. The predicted octanol–water partition coefficient (Wildman–Crippen LogP) is 5.94. The predicted molar refractivity (Wildman–Crippen MR) is 112 cm³/mol. The Bertz CT molecular complexity index is 1090. The van der Waals surface area contributed by atoms with Gasteiger partial charge in [-0.25, -0.2) is 8.51 Å². The van der Waals surface area contributed by atoms with E-state index < -0.39 is 29.3 Å². The molecule has 158 valence electrons. The maximum Gasteiger partial charge on any atom is 0.573 e. The molecule has 0 aliphatic heterocycles. The van der Waals surface area contributed by atoms with E-state index in [4.69, 9.17) is 0 Å². The van der Waals surface area contributed by atoms with Crippen molar-refractivity contribution < 1.29 is 31.5 Å². The Morgan fingerprint density at radius 3 is 2.50 bits per heavy atom. The molecule has 1 atom stereocenters. The number of nitrogens with zero attached hydrogens (tertiary/aromatic N) is 1. The highest BCUT2D eigenvalue weighted by atomic mass is 79.9. The second kappa shape index (κ2) is 9.16. The second-order valence-corrected chi connectivity index (χ2v) is 8.92. The zero-order valence-corrected chi connectivity index (χ0v) is 17.9. The number of hydrogen-bond donors (Lipinski definition) is 2. The average Bonchev–Trinajstić information content (AvgIpc) is 3.06. The Balaban J connectivity index is 1.91. The van der Waals surface area contributed by atoms with Crippen molar-refractivity contribution in [2.24, 2.45) is 0 Å². The Labute approximate surface area is 183 Å². The van der Waals surface area contributed by atoms with Gasteiger partial charge >= 0.3 is 6.36 Å². The lowest BCUT2D eigenvalue weighted by atomic mass is 10.1. The van der Waals surface area contributed by atoms with E-state index in [0.29, 0.717) is 5.00 Å². The molecule has 6 nitrogen and oxygen atoms in total. The van der Waals surface area contributed by atoms with Gasteiger partial charge in [-0.05, 0) is 52.3 Å². The number of para-hydroxylation sites is 1. The molecule has 3 rings (SSSR count). The van der Waals surface area contributed by atoms with Crippen LogP contribution in [-0.4, -0.2) is 21.0 Å². The van der Waals surface area contributed by atoms with Crippen molar-refractivity contribution in [2.45, 2.75) is 6.36 Å². The molecule has 1 aromatic heterocycles. The molecular weight excluding hydrogens is 509 g/mol. The molecular formula is C18H12BrF3N2O4S2. The lowest BCUT2D eigenvalue weighted by Crippen LogP contribution is -2.23. The highest BCUT2D eigenvalue weighted by molar-refractivity contribution is 9.11. The van der Waals surface area contributed by atoms with Gasteiger partial charge in [0.05, 0.1) is 15.0 Å². The van der Waals surface area contributed by atoms with Crippen LogP contribution in [0, 0.1) is 0 Å². The molecule has 0 fully saturated rings. The number of anilines is 3. The Morgan fingerprint density at radius 1 is 1.13 bits per heavy atom. The average molecular weight is 521 g/mol. The number of amides is 1. The number of benzene rings is 2. The van der Waals surface area contributed by atoms with Gasteiger partial charge in [0.2, 0.25) is 0 Å². The summed E-state index contributed by atoms with van der Waals surface area (Å²) in [5.41, 5.74) is 0.256. The van der Waals surface area contributed by atoms with E-state index in [9.17, 15) is 26.7 Å². The molecule has 0 aliphatic rings. The minimum absolute atomic E-state index is 0.0477. The molecule has 0 bridgehead atoms. The van der Waals surface area contributed by atoms with E-state index >= 15 is 0 Å². The maximum atomic E-state index is 12.8. The van der Waals surface area contributed by atoms with E-state index in [-0.39, 0.29) is 16.9 Å². The number of carbonyl (C=O) groups excluding carboxylic acids is 1. The van der Waals surface area contributed by atoms with Crippen molar-refractivity contribution in [3.8, 4) is 5.75 Å². The van der Waals surface area contributed by atoms with Gasteiger partial charge in [-0.1, -0.05) is 18.2 Å². The first-order valence-electron chi connectivity index (χ1n) is 8.06. The lowest BCUT2D eigenvalue weighted by Gasteiger charge is -2.21. The number of ether oxygens (including phenoxy) is 1. The van der Waals surface area contributed by atoms with Gasteiger partial charge in [0, 0.05) is 11.8 Å². The fraction of sp³-hybridized carbons (Fsp3) is 0.0556. The van der Waals surface area contributed by atoms with Gasteiger partial charge < -0.3 is 10.1 Å². The van der Waals surface area contributed by atoms with Crippen LogP contribution in [0.4, 0.5) is 29.5 Å². The van der Waals surface area contributed by atoms with Gasteiger partial charge in [0.1, 0.15) is 10.8 Å². The summed E-state index contributed by atoms with van der Waals surface area (Å²) >= 11 is 1.98. The van der Waals surface area contributed by atoms with Gasteiger partial charge in [0.15, 0.2) is 0 Å². The number of alkyl halides is 3. The molecule has 3 aromatic rings. The Hall–Kier alpha value is -2.41. The van der Waals surface area contributed by atoms with Gasteiger partial charge in [-0.15, -0.1) is 24.5 Å².